The first-order valence-electron chi connectivity index (χ1n) is 25.4. The lowest BCUT2D eigenvalue weighted by atomic mass is 10.0. The average Bonchev–Trinajstić information content (AvgIpc) is 3.18. The molecule has 0 aliphatic carbocycles. The monoisotopic (exact) mass is 826 g/mol. The van der Waals surface area contributed by atoms with Gasteiger partial charge < -0.3 is 10.4 Å². The molecule has 2 atom stereocenters. The van der Waals surface area contributed by atoms with E-state index in [0.29, 0.717) is 6.42 Å². The Hall–Kier alpha value is -0.920. The van der Waals surface area contributed by atoms with E-state index in [1.807, 2.05) is 6.08 Å². The Bertz CT molecular complexity index is 954. The molecule has 0 aliphatic heterocycles. The molecular formula is C50H99NO5S. The van der Waals surface area contributed by atoms with Crippen LogP contribution in [0.4, 0.5) is 0 Å². The Kier molecular flexibility index (Phi) is 43.9. The summed E-state index contributed by atoms with van der Waals surface area (Å²) in [6, 6.07) is -1.05. The summed E-state index contributed by atoms with van der Waals surface area (Å²) < 4.78 is 32.7. The van der Waals surface area contributed by atoms with E-state index in [2.05, 4.69) is 19.2 Å². The van der Waals surface area contributed by atoms with Gasteiger partial charge in [-0.25, -0.2) is 0 Å². The minimum absolute atomic E-state index is 0.271. The highest BCUT2D eigenvalue weighted by Crippen LogP contribution is 2.17. The van der Waals surface area contributed by atoms with E-state index in [9.17, 15) is 22.9 Å². The number of hydrogen-bond donors (Lipinski definition) is 3. The van der Waals surface area contributed by atoms with Crippen LogP contribution in [0.2, 0.25) is 0 Å². The molecule has 0 saturated carbocycles. The number of nitrogens with one attached hydrogen (secondary N) is 1. The van der Waals surface area contributed by atoms with E-state index < -0.39 is 28.0 Å². The molecule has 0 radical (unpaired) electrons. The summed E-state index contributed by atoms with van der Waals surface area (Å²) >= 11 is 0. The largest absolute Gasteiger partial charge is 0.387 e. The lowest BCUT2D eigenvalue weighted by Gasteiger charge is -2.21. The molecule has 0 heterocycles. The van der Waals surface area contributed by atoms with Crippen molar-refractivity contribution in [3.05, 3.63) is 12.2 Å². The number of carbonyl (C=O) groups is 1. The quantitative estimate of drug-likeness (QED) is 0.0322. The zero-order chi connectivity index (χ0) is 41.8. The van der Waals surface area contributed by atoms with Crippen molar-refractivity contribution in [2.75, 3.05) is 5.75 Å². The Balaban J connectivity index is 3.76. The van der Waals surface area contributed by atoms with Crippen LogP contribution >= 0.6 is 0 Å². The zero-order valence-electron chi connectivity index (χ0n) is 38.2. The van der Waals surface area contributed by atoms with Gasteiger partial charge in [-0.2, -0.15) is 8.42 Å². The van der Waals surface area contributed by atoms with Crippen LogP contribution < -0.4 is 5.32 Å². The van der Waals surface area contributed by atoms with Crippen LogP contribution in [0.25, 0.3) is 0 Å². The SMILES string of the molecule is CCCCCCCCCCCCCCCCCCCC/C=C/C(O)C(CS(=O)(=O)O)NC(=O)CCCCCCCCCCCCCCCCCCCCCCCC. The number of aliphatic hydroxyl groups is 1. The van der Waals surface area contributed by atoms with Crippen molar-refractivity contribution in [2.45, 2.75) is 296 Å². The maximum Gasteiger partial charge on any atom is 0.267 e. The second kappa shape index (κ2) is 44.6. The summed E-state index contributed by atoms with van der Waals surface area (Å²) in [5.41, 5.74) is 0. The van der Waals surface area contributed by atoms with Crippen LogP contribution in [-0.4, -0.2) is 41.9 Å². The number of amides is 1. The van der Waals surface area contributed by atoms with Crippen LogP contribution in [0.3, 0.4) is 0 Å². The van der Waals surface area contributed by atoms with Gasteiger partial charge in [-0.1, -0.05) is 270 Å². The van der Waals surface area contributed by atoms with E-state index in [1.165, 1.54) is 225 Å². The van der Waals surface area contributed by atoms with Crippen LogP contribution in [-0.2, 0) is 14.9 Å². The second-order valence-electron chi connectivity index (χ2n) is 17.8. The van der Waals surface area contributed by atoms with Crippen LogP contribution in [0.1, 0.15) is 284 Å². The first-order chi connectivity index (χ1) is 27.8. The Labute approximate surface area is 356 Å². The molecule has 7 heteroatoms. The molecule has 0 saturated heterocycles. The van der Waals surface area contributed by atoms with Gasteiger partial charge in [-0.15, -0.1) is 0 Å². The lowest BCUT2D eigenvalue weighted by molar-refractivity contribution is -0.122. The van der Waals surface area contributed by atoms with E-state index in [4.69, 9.17) is 0 Å². The Morgan fingerprint density at radius 2 is 0.719 bits per heavy atom. The molecule has 0 aromatic carbocycles. The first kappa shape index (κ1) is 56.1. The Morgan fingerprint density at radius 1 is 0.456 bits per heavy atom. The summed E-state index contributed by atoms with van der Waals surface area (Å²) in [5.74, 6) is -0.962. The van der Waals surface area contributed by atoms with Crippen molar-refractivity contribution in [1.29, 1.82) is 0 Å². The van der Waals surface area contributed by atoms with Crippen LogP contribution in [0, 0.1) is 0 Å². The number of aliphatic hydroxyl groups excluding tert-OH is 1. The number of hydrogen-bond acceptors (Lipinski definition) is 4. The predicted octanol–water partition coefficient (Wildman–Crippen LogP) is 15.7. The number of rotatable bonds is 47. The highest BCUT2D eigenvalue weighted by atomic mass is 32.2. The smallest absolute Gasteiger partial charge is 0.267 e. The summed E-state index contributed by atoms with van der Waals surface area (Å²) in [5, 5.41) is 13.3. The molecule has 0 aliphatic rings. The van der Waals surface area contributed by atoms with Crippen molar-refractivity contribution in [1.82, 2.24) is 5.32 Å². The highest BCUT2D eigenvalue weighted by Gasteiger charge is 2.24. The van der Waals surface area contributed by atoms with Gasteiger partial charge >= 0.3 is 0 Å². The van der Waals surface area contributed by atoms with Crippen LogP contribution in [0.15, 0.2) is 12.2 Å². The maximum absolute atomic E-state index is 12.6. The molecule has 2 unspecified atom stereocenters. The second-order valence-corrected chi connectivity index (χ2v) is 19.3. The van der Waals surface area contributed by atoms with E-state index in [-0.39, 0.29) is 5.91 Å². The lowest BCUT2D eigenvalue weighted by Crippen LogP contribution is -2.46. The molecular weight excluding hydrogens is 727 g/mol. The van der Waals surface area contributed by atoms with Crippen molar-refractivity contribution >= 4 is 16.0 Å². The van der Waals surface area contributed by atoms with Gasteiger partial charge in [0, 0.05) is 6.42 Å². The molecule has 0 aromatic rings. The summed E-state index contributed by atoms with van der Waals surface area (Å²) in [6.07, 6.45) is 56.5. The molecule has 3 N–H and O–H groups in total. The molecule has 0 spiro atoms. The van der Waals surface area contributed by atoms with Crippen LogP contribution in [0.5, 0.6) is 0 Å². The topological polar surface area (TPSA) is 104 Å². The molecule has 340 valence electrons. The Morgan fingerprint density at radius 3 is 1.00 bits per heavy atom. The van der Waals surface area contributed by atoms with E-state index >= 15 is 0 Å². The van der Waals surface area contributed by atoms with Gasteiger partial charge in [-0.05, 0) is 19.3 Å². The van der Waals surface area contributed by atoms with E-state index in [0.717, 1.165) is 38.5 Å². The predicted molar refractivity (Wildman–Crippen MR) is 249 cm³/mol. The fourth-order valence-electron chi connectivity index (χ4n) is 8.16. The number of unbranched alkanes of at least 4 members (excludes halogenated alkanes) is 39. The summed E-state index contributed by atoms with van der Waals surface area (Å²) in [4.78, 5) is 12.6. The number of carbonyl (C=O) groups excluding carboxylic acids is 1. The van der Waals surface area contributed by atoms with Gasteiger partial charge in [0.15, 0.2) is 0 Å². The maximum atomic E-state index is 12.6. The minimum atomic E-state index is -4.34. The third-order valence-electron chi connectivity index (χ3n) is 12.0. The normalized spacial score (nSPS) is 13.1. The molecule has 0 aromatic heterocycles. The van der Waals surface area contributed by atoms with Crippen molar-refractivity contribution in [3.8, 4) is 0 Å². The van der Waals surface area contributed by atoms with Gasteiger partial charge in [0.1, 0.15) is 0 Å². The fraction of sp³-hybridized carbons (Fsp3) is 0.940. The third kappa shape index (κ3) is 46.0. The van der Waals surface area contributed by atoms with Crippen molar-refractivity contribution < 1.29 is 22.9 Å². The first-order valence-corrected chi connectivity index (χ1v) is 27.0. The van der Waals surface area contributed by atoms with Gasteiger partial charge in [-0.3, -0.25) is 9.35 Å². The van der Waals surface area contributed by atoms with E-state index in [1.54, 1.807) is 6.08 Å². The fourth-order valence-corrected chi connectivity index (χ4v) is 8.89. The van der Waals surface area contributed by atoms with Gasteiger partial charge in [0.05, 0.1) is 17.9 Å². The molecule has 0 fully saturated rings. The van der Waals surface area contributed by atoms with Crippen molar-refractivity contribution in [3.63, 3.8) is 0 Å². The minimum Gasteiger partial charge on any atom is -0.387 e. The van der Waals surface area contributed by atoms with Crippen molar-refractivity contribution in [2.24, 2.45) is 0 Å². The summed E-state index contributed by atoms with van der Waals surface area (Å²) in [7, 11) is -4.34. The zero-order valence-corrected chi connectivity index (χ0v) is 39.1. The van der Waals surface area contributed by atoms with Gasteiger partial charge in [0.2, 0.25) is 5.91 Å². The molecule has 1 amide bonds. The molecule has 0 rings (SSSR count). The summed E-state index contributed by atoms with van der Waals surface area (Å²) in [6.45, 7) is 4.56. The van der Waals surface area contributed by atoms with Gasteiger partial charge in [0.25, 0.3) is 10.1 Å². The standard InChI is InChI=1S/C50H99NO5S/c1-3-5-7-9-11-13-15-17-19-21-23-25-26-28-30-32-34-36-38-40-42-44-46-50(53)51-48(47-57(54,55)56)49(52)45-43-41-39-37-35-33-31-29-27-24-22-20-18-16-14-12-10-8-6-4-2/h43,45,48-49,52H,3-42,44,46-47H2,1-2H3,(H,51,53)(H,54,55,56)/b45-43+. The number of allylic oxidation sites excluding steroid dienone is 1. The molecule has 0 bridgehead atoms. The average molecular weight is 826 g/mol. The third-order valence-corrected chi connectivity index (χ3v) is 12.7. The molecule has 6 nitrogen and oxygen atoms in total. The molecule has 57 heavy (non-hydrogen) atoms. The highest BCUT2D eigenvalue weighted by molar-refractivity contribution is 7.85.